The number of carboxylic acid groups (broad SMARTS) is 1. The highest BCUT2D eigenvalue weighted by Crippen LogP contribution is 2.16. The molecule has 0 aliphatic rings. The van der Waals surface area contributed by atoms with Crippen LogP contribution in [0, 0.1) is 0 Å². The molecule has 1 amide bonds. The smallest absolute Gasteiger partial charge is 0.303 e. The van der Waals surface area contributed by atoms with Gasteiger partial charge in [-0.05, 0) is 0 Å². The molecule has 1 heterocycles. The summed E-state index contributed by atoms with van der Waals surface area (Å²) in [6, 6.07) is 0. The van der Waals surface area contributed by atoms with Crippen LogP contribution in [-0.2, 0) is 15.3 Å². The van der Waals surface area contributed by atoms with Gasteiger partial charge in [0.2, 0.25) is 11.0 Å². The lowest BCUT2D eigenvalue weighted by molar-refractivity contribution is -0.138. The first kappa shape index (κ1) is 11.9. The summed E-state index contributed by atoms with van der Waals surface area (Å²) in [6.45, 7) is 0. The summed E-state index contributed by atoms with van der Waals surface area (Å²) in [6.07, 6.45) is -0.255. The quantitative estimate of drug-likeness (QED) is 0.668. The van der Waals surface area contributed by atoms with Crippen LogP contribution in [0.25, 0.3) is 0 Å². The van der Waals surface area contributed by atoms with Crippen LogP contribution in [0.2, 0.25) is 0 Å². The van der Waals surface area contributed by atoms with Crippen molar-refractivity contribution in [1.82, 2.24) is 10.2 Å². The molecule has 0 fully saturated rings. The van der Waals surface area contributed by atoms with Crippen LogP contribution < -0.4 is 5.32 Å². The fraction of sp³-hybridized carbons (Fsp3) is 0.429. The summed E-state index contributed by atoms with van der Waals surface area (Å²) < 4.78 is 0. The van der Waals surface area contributed by atoms with Crippen LogP contribution in [0.5, 0.6) is 0 Å². The number of carbonyl (C=O) groups is 2. The second kappa shape index (κ2) is 5.66. The fourth-order valence-electron chi connectivity index (χ4n) is 0.770. The zero-order valence-electron chi connectivity index (χ0n) is 7.63. The van der Waals surface area contributed by atoms with Gasteiger partial charge in [-0.3, -0.25) is 9.59 Å². The van der Waals surface area contributed by atoms with Gasteiger partial charge in [-0.1, -0.05) is 11.3 Å². The molecule has 0 atom stereocenters. The largest absolute Gasteiger partial charge is 0.481 e. The van der Waals surface area contributed by atoms with E-state index in [0.29, 0.717) is 15.9 Å². The van der Waals surface area contributed by atoms with Crippen LogP contribution in [-0.4, -0.2) is 27.2 Å². The number of rotatable bonds is 5. The van der Waals surface area contributed by atoms with E-state index >= 15 is 0 Å². The molecule has 0 radical (unpaired) electrons. The molecule has 1 rings (SSSR count). The van der Waals surface area contributed by atoms with Crippen molar-refractivity contribution in [1.29, 1.82) is 0 Å². The van der Waals surface area contributed by atoms with Crippen molar-refractivity contribution >= 4 is 41.0 Å². The van der Waals surface area contributed by atoms with Crippen molar-refractivity contribution in [2.45, 2.75) is 18.6 Å². The topological polar surface area (TPSA) is 92.2 Å². The van der Waals surface area contributed by atoms with E-state index < -0.39 is 5.97 Å². The number of thiol groups is 1. The van der Waals surface area contributed by atoms with E-state index in [4.69, 9.17) is 5.11 Å². The van der Waals surface area contributed by atoms with Crippen LogP contribution >= 0.6 is 24.0 Å². The van der Waals surface area contributed by atoms with Gasteiger partial charge in [0, 0.05) is 12.2 Å². The lowest BCUT2D eigenvalue weighted by Gasteiger charge is -1.97. The third-order valence-electron chi connectivity index (χ3n) is 1.41. The first-order chi connectivity index (χ1) is 7.11. The third-order valence-corrected chi connectivity index (χ3v) is 2.77. The Kier molecular flexibility index (Phi) is 4.50. The summed E-state index contributed by atoms with van der Waals surface area (Å²) in [4.78, 5) is 21.4. The number of nitrogens with zero attached hydrogens (tertiary/aromatic N) is 2. The van der Waals surface area contributed by atoms with Gasteiger partial charge in [0.25, 0.3) is 0 Å². The number of carbonyl (C=O) groups excluding carboxylic acids is 1. The SMILES string of the molecule is O=C(O)CCC(=O)Nc1nnc(CS)s1. The van der Waals surface area contributed by atoms with Gasteiger partial charge in [-0.2, -0.15) is 12.6 Å². The van der Waals surface area contributed by atoms with E-state index in [0.717, 1.165) is 0 Å². The van der Waals surface area contributed by atoms with Crippen molar-refractivity contribution in [3.8, 4) is 0 Å². The molecule has 6 nitrogen and oxygen atoms in total. The van der Waals surface area contributed by atoms with Gasteiger partial charge in [-0.25, -0.2) is 0 Å². The molecular weight excluding hydrogens is 238 g/mol. The van der Waals surface area contributed by atoms with Gasteiger partial charge in [0.15, 0.2) is 0 Å². The predicted octanol–water partition coefficient (Wildman–Crippen LogP) is 0.771. The van der Waals surface area contributed by atoms with Crippen molar-refractivity contribution in [3.63, 3.8) is 0 Å². The van der Waals surface area contributed by atoms with Crippen molar-refractivity contribution in [3.05, 3.63) is 5.01 Å². The number of nitrogens with one attached hydrogen (secondary N) is 1. The summed E-state index contributed by atoms with van der Waals surface area (Å²) in [5, 5.41) is 19.3. The number of anilines is 1. The summed E-state index contributed by atoms with van der Waals surface area (Å²) in [5.41, 5.74) is 0. The average molecular weight is 247 g/mol. The Labute approximate surface area is 95.1 Å². The Balaban J connectivity index is 2.40. The summed E-state index contributed by atoms with van der Waals surface area (Å²) >= 11 is 5.22. The number of aliphatic carboxylic acids is 1. The molecule has 2 N–H and O–H groups in total. The van der Waals surface area contributed by atoms with Gasteiger partial charge in [0.05, 0.1) is 6.42 Å². The molecule has 0 aliphatic heterocycles. The maximum absolute atomic E-state index is 11.2. The zero-order chi connectivity index (χ0) is 11.3. The molecule has 1 aromatic heterocycles. The lowest BCUT2D eigenvalue weighted by atomic mass is 10.3. The molecule has 0 aromatic carbocycles. The second-order valence-corrected chi connectivity index (χ2v) is 3.98. The summed E-state index contributed by atoms with van der Waals surface area (Å²) in [5.74, 6) is -0.916. The predicted molar refractivity (Wildman–Crippen MR) is 58.1 cm³/mol. The Morgan fingerprint density at radius 1 is 1.40 bits per heavy atom. The Morgan fingerprint density at radius 2 is 2.13 bits per heavy atom. The lowest BCUT2D eigenvalue weighted by Crippen LogP contribution is -2.12. The normalized spacial score (nSPS) is 9.93. The second-order valence-electron chi connectivity index (χ2n) is 2.60. The average Bonchev–Trinajstić information content (AvgIpc) is 2.62. The molecular formula is C7H9N3O3S2. The molecule has 0 spiro atoms. The van der Waals surface area contributed by atoms with Crippen LogP contribution in [0.3, 0.4) is 0 Å². The minimum Gasteiger partial charge on any atom is -0.481 e. The Hall–Kier alpha value is -1.15. The minimum absolute atomic E-state index is 0.0644. The third kappa shape index (κ3) is 4.26. The van der Waals surface area contributed by atoms with Gasteiger partial charge in [-0.15, -0.1) is 10.2 Å². The van der Waals surface area contributed by atoms with Gasteiger partial charge >= 0.3 is 5.97 Å². The number of amides is 1. The van der Waals surface area contributed by atoms with Crippen molar-refractivity contribution < 1.29 is 14.7 Å². The van der Waals surface area contributed by atoms with Crippen molar-refractivity contribution in [2.24, 2.45) is 0 Å². The maximum Gasteiger partial charge on any atom is 0.303 e. The molecule has 0 saturated carbocycles. The van der Waals surface area contributed by atoms with E-state index in [9.17, 15) is 9.59 Å². The van der Waals surface area contributed by atoms with E-state index in [2.05, 4.69) is 28.1 Å². The highest BCUT2D eigenvalue weighted by molar-refractivity contribution is 7.79. The van der Waals surface area contributed by atoms with E-state index in [1.165, 1.54) is 11.3 Å². The van der Waals surface area contributed by atoms with Crippen LogP contribution in [0.15, 0.2) is 0 Å². The number of hydrogen-bond donors (Lipinski definition) is 3. The zero-order valence-corrected chi connectivity index (χ0v) is 9.35. The highest BCUT2D eigenvalue weighted by Gasteiger charge is 2.08. The van der Waals surface area contributed by atoms with Crippen LogP contribution in [0.4, 0.5) is 5.13 Å². The molecule has 1 aromatic rings. The molecule has 0 saturated heterocycles. The molecule has 8 heteroatoms. The molecule has 82 valence electrons. The van der Waals surface area contributed by atoms with E-state index in [1.807, 2.05) is 0 Å². The summed E-state index contributed by atoms with van der Waals surface area (Å²) in [7, 11) is 0. The Bertz CT molecular complexity index is 366. The van der Waals surface area contributed by atoms with E-state index in [-0.39, 0.29) is 18.7 Å². The monoisotopic (exact) mass is 247 g/mol. The molecule has 0 bridgehead atoms. The molecule has 0 unspecified atom stereocenters. The first-order valence-corrected chi connectivity index (χ1v) is 5.51. The highest BCUT2D eigenvalue weighted by atomic mass is 32.1. The fourth-order valence-corrected chi connectivity index (χ4v) is 1.64. The first-order valence-electron chi connectivity index (χ1n) is 4.06. The number of carboxylic acids is 1. The van der Waals surface area contributed by atoms with Gasteiger partial charge < -0.3 is 10.4 Å². The number of hydrogen-bond acceptors (Lipinski definition) is 6. The molecule has 0 aliphatic carbocycles. The number of aromatic nitrogens is 2. The van der Waals surface area contributed by atoms with E-state index in [1.54, 1.807) is 0 Å². The standard InChI is InChI=1S/C7H9N3O3S2/c11-4(1-2-6(12)13)8-7-10-9-5(3-14)15-7/h14H,1-3H2,(H,12,13)(H,8,10,11). The molecule has 15 heavy (non-hydrogen) atoms. The maximum atomic E-state index is 11.2. The Morgan fingerprint density at radius 3 is 2.67 bits per heavy atom. The van der Waals surface area contributed by atoms with Crippen molar-refractivity contribution in [2.75, 3.05) is 5.32 Å². The minimum atomic E-state index is -1.00. The van der Waals surface area contributed by atoms with Crippen LogP contribution in [0.1, 0.15) is 17.8 Å². The van der Waals surface area contributed by atoms with Gasteiger partial charge in [0.1, 0.15) is 5.01 Å².